The van der Waals surface area contributed by atoms with Gasteiger partial charge in [0.05, 0.1) is 17.9 Å². The van der Waals surface area contributed by atoms with Gasteiger partial charge in [-0.3, -0.25) is 9.36 Å². The van der Waals surface area contributed by atoms with Crippen molar-refractivity contribution in [1.29, 1.82) is 0 Å². The zero-order valence-electron chi connectivity index (χ0n) is 20.1. The van der Waals surface area contributed by atoms with Crippen LogP contribution in [0.15, 0.2) is 71.7 Å². The molecule has 8 nitrogen and oxygen atoms in total. The number of thiophene rings is 1. The zero-order chi connectivity index (χ0) is 27.1. The summed E-state index contributed by atoms with van der Waals surface area (Å²) in [6, 6.07) is 13.4. The average Bonchev–Trinajstić information content (AvgIpc) is 3.52. The van der Waals surface area contributed by atoms with Crippen LogP contribution in [0.25, 0.3) is 11.1 Å². The van der Waals surface area contributed by atoms with E-state index in [1.54, 1.807) is 10.6 Å². The third-order valence-corrected chi connectivity index (χ3v) is 7.37. The number of rotatable bonds is 11. The number of allylic oxidation sites excluding steroid dienone is 1. The Morgan fingerprint density at radius 2 is 2.03 bits per heavy atom. The number of halogens is 2. The van der Waals surface area contributed by atoms with Gasteiger partial charge in [0.25, 0.3) is 0 Å². The van der Waals surface area contributed by atoms with E-state index in [0.29, 0.717) is 39.4 Å². The average molecular weight is 573 g/mol. The van der Waals surface area contributed by atoms with E-state index in [1.807, 2.05) is 35.7 Å². The van der Waals surface area contributed by atoms with E-state index in [9.17, 15) is 14.0 Å². The lowest BCUT2D eigenvalue weighted by molar-refractivity contribution is -0.113. The van der Waals surface area contributed by atoms with Gasteiger partial charge in [-0.25, -0.2) is 9.18 Å². The molecule has 4 rings (SSSR count). The van der Waals surface area contributed by atoms with Crippen molar-refractivity contribution in [3.8, 4) is 16.9 Å². The number of nitrogens with zero attached hydrogens (tertiary/aromatic N) is 3. The molecule has 196 valence electrons. The van der Waals surface area contributed by atoms with Crippen molar-refractivity contribution >= 4 is 51.6 Å². The first kappa shape index (κ1) is 27.4. The number of methoxy groups -OCH3 is 1. The lowest BCUT2D eigenvalue weighted by atomic mass is 10.0. The summed E-state index contributed by atoms with van der Waals surface area (Å²) in [6.07, 6.45) is 1.67. The number of ether oxygens (including phenoxy) is 2. The van der Waals surface area contributed by atoms with E-state index in [0.717, 1.165) is 5.56 Å². The van der Waals surface area contributed by atoms with Crippen molar-refractivity contribution in [2.45, 2.75) is 18.3 Å². The Bertz CT molecular complexity index is 1460. The summed E-state index contributed by atoms with van der Waals surface area (Å²) in [5, 5.41) is 13.8. The minimum Gasteiger partial charge on any atom is -0.486 e. The van der Waals surface area contributed by atoms with Crippen LogP contribution >= 0.6 is 34.7 Å². The molecule has 2 aromatic heterocycles. The smallest absolute Gasteiger partial charge is 0.341 e. The summed E-state index contributed by atoms with van der Waals surface area (Å²) in [4.78, 5) is 25.3. The Morgan fingerprint density at radius 3 is 2.74 bits per heavy atom. The van der Waals surface area contributed by atoms with Gasteiger partial charge in [0.2, 0.25) is 5.91 Å². The molecule has 0 atom stereocenters. The van der Waals surface area contributed by atoms with Gasteiger partial charge in [0.1, 0.15) is 28.7 Å². The summed E-state index contributed by atoms with van der Waals surface area (Å²) in [5.41, 5.74) is 1.83. The quantitative estimate of drug-likeness (QED) is 0.132. The molecule has 0 fully saturated rings. The molecular weight excluding hydrogens is 551 g/mol. The number of nitrogens with one attached hydrogen (secondary N) is 1. The Balaban J connectivity index is 1.44. The maximum atomic E-state index is 13.4. The second-order valence-electron chi connectivity index (χ2n) is 7.71. The lowest BCUT2D eigenvalue weighted by Gasteiger charge is -2.10. The number of esters is 1. The van der Waals surface area contributed by atoms with Gasteiger partial charge >= 0.3 is 5.97 Å². The summed E-state index contributed by atoms with van der Waals surface area (Å²) >= 11 is 8.23. The van der Waals surface area contributed by atoms with Crippen molar-refractivity contribution in [3.05, 3.63) is 88.8 Å². The van der Waals surface area contributed by atoms with E-state index in [-0.39, 0.29) is 23.3 Å². The summed E-state index contributed by atoms with van der Waals surface area (Å²) in [5.74, 6) is -0.511. The molecule has 0 aliphatic rings. The highest BCUT2D eigenvalue weighted by Crippen LogP contribution is 2.36. The molecule has 38 heavy (non-hydrogen) atoms. The lowest BCUT2D eigenvalue weighted by Crippen LogP contribution is -2.16. The van der Waals surface area contributed by atoms with Crippen molar-refractivity contribution < 1.29 is 23.5 Å². The molecule has 0 aliphatic heterocycles. The molecule has 0 bridgehead atoms. The van der Waals surface area contributed by atoms with Gasteiger partial charge in [-0.15, -0.1) is 28.1 Å². The van der Waals surface area contributed by atoms with Crippen LogP contribution in [0.1, 0.15) is 16.2 Å². The van der Waals surface area contributed by atoms with Crippen LogP contribution in [0.3, 0.4) is 0 Å². The predicted octanol–water partition coefficient (Wildman–Crippen LogP) is 6.08. The number of carbonyl (C=O) groups excluding carboxylic acids is 2. The van der Waals surface area contributed by atoms with Gasteiger partial charge in [0.15, 0.2) is 11.0 Å². The van der Waals surface area contributed by atoms with Crippen molar-refractivity contribution in [1.82, 2.24) is 14.8 Å². The molecule has 0 saturated carbocycles. The molecule has 12 heteroatoms. The monoisotopic (exact) mass is 572 g/mol. The van der Waals surface area contributed by atoms with Gasteiger partial charge in [-0.1, -0.05) is 59.8 Å². The highest BCUT2D eigenvalue weighted by molar-refractivity contribution is 7.99. The van der Waals surface area contributed by atoms with Crippen molar-refractivity contribution in [2.24, 2.45) is 0 Å². The van der Waals surface area contributed by atoms with Gasteiger partial charge in [0, 0.05) is 23.6 Å². The number of amides is 1. The molecule has 0 spiro atoms. The van der Waals surface area contributed by atoms with Gasteiger partial charge < -0.3 is 14.8 Å². The van der Waals surface area contributed by atoms with Crippen molar-refractivity contribution in [3.63, 3.8) is 0 Å². The fourth-order valence-corrected chi connectivity index (χ4v) is 5.35. The summed E-state index contributed by atoms with van der Waals surface area (Å²) in [6.45, 7) is 4.20. The van der Waals surface area contributed by atoms with Crippen LogP contribution in [0, 0.1) is 5.82 Å². The number of thioether (sulfide) groups is 1. The largest absolute Gasteiger partial charge is 0.486 e. The Kier molecular flexibility index (Phi) is 9.16. The fraction of sp³-hybridized carbons (Fsp3) is 0.154. The minimum atomic E-state index is -0.539. The number of benzene rings is 2. The van der Waals surface area contributed by atoms with E-state index < -0.39 is 11.8 Å². The second-order valence-corrected chi connectivity index (χ2v) is 9.94. The van der Waals surface area contributed by atoms with Crippen LogP contribution in [0.4, 0.5) is 9.39 Å². The standard InChI is InChI=1S/C26H22ClFN4O4S2/c1-3-11-32-21(13-36-17-9-10-20(28)19(27)12-17)30-31-26(32)38-15-22(33)29-24-23(25(34)35-2)18(14-37-24)16-7-5-4-6-8-16/h3-10,12,14H,1,11,13,15H2,2H3,(H,29,33). The van der Waals surface area contributed by atoms with Crippen molar-refractivity contribution in [2.75, 3.05) is 18.2 Å². The molecule has 1 amide bonds. The van der Waals surface area contributed by atoms with Crippen LogP contribution in [-0.4, -0.2) is 39.5 Å². The van der Waals surface area contributed by atoms with Crippen LogP contribution in [0.2, 0.25) is 5.02 Å². The Labute approximate surface area is 231 Å². The third kappa shape index (κ3) is 6.42. The van der Waals surface area contributed by atoms with E-state index in [4.69, 9.17) is 21.1 Å². The van der Waals surface area contributed by atoms with Gasteiger partial charge in [-0.05, 0) is 17.7 Å². The molecule has 0 aliphatic carbocycles. The van der Waals surface area contributed by atoms with E-state index in [1.165, 1.54) is 48.4 Å². The predicted molar refractivity (Wildman–Crippen MR) is 146 cm³/mol. The van der Waals surface area contributed by atoms with Crippen LogP contribution in [-0.2, 0) is 22.7 Å². The van der Waals surface area contributed by atoms with Crippen LogP contribution in [0.5, 0.6) is 5.75 Å². The maximum absolute atomic E-state index is 13.4. The molecule has 2 aromatic carbocycles. The zero-order valence-corrected chi connectivity index (χ0v) is 22.5. The minimum absolute atomic E-state index is 0.0168. The molecule has 0 radical (unpaired) electrons. The highest BCUT2D eigenvalue weighted by Gasteiger charge is 2.23. The molecule has 2 heterocycles. The number of aromatic nitrogens is 3. The Hall–Kier alpha value is -3.67. The first-order chi connectivity index (χ1) is 18.4. The van der Waals surface area contributed by atoms with E-state index >= 15 is 0 Å². The van der Waals surface area contributed by atoms with E-state index in [2.05, 4.69) is 22.1 Å². The number of hydrogen-bond donors (Lipinski definition) is 1. The van der Waals surface area contributed by atoms with Gasteiger partial charge in [-0.2, -0.15) is 0 Å². The first-order valence-corrected chi connectivity index (χ1v) is 13.4. The molecular formula is C26H22ClFN4O4S2. The number of anilines is 1. The van der Waals surface area contributed by atoms with Crippen LogP contribution < -0.4 is 10.1 Å². The fourth-order valence-electron chi connectivity index (χ4n) is 3.44. The Morgan fingerprint density at radius 1 is 1.24 bits per heavy atom. The SMILES string of the molecule is C=CCn1c(COc2ccc(F)c(Cl)c2)nnc1SCC(=O)Nc1scc(-c2ccccc2)c1C(=O)OC. The molecule has 1 N–H and O–H groups in total. The highest BCUT2D eigenvalue weighted by atomic mass is 35.5. The molecule has 0 unspecified atom stereocenters. The molecule has 0 saturated heterocycles. The topological polar surface area (TPSA) is 95.3 Å². The summed E-state index contributed by atoms with van der Waals surface area (Å²) < 4.78 is 25.8. The third-order valence-electron chi connectivity index (χ3n) is 5.21. The second kappa shape index (κ2) is 12.7. The molecule has 4 aromatic rings. The first-order valence-electron chi connectivity index (χ1n) is 11.2. The normalized spacial score (nSPS) is 10.7. The summed E-state index contributed by atoms with van der Waals surface area (Å²) in [7, 11) is 1.30. The number of hydrogen-bond acceptors (Lipinski definition) is 8. The maximum Gasteiger partial charge on any atom is 0.341 e. The number of carbonyl (C=O) groups is 2.